The number of fused-ring (bicyclic) bond motifs is 1. The van der Waals surface area contributed by atoms with Crippen molar-refractivity contribution in [2.75, 3.05) is 6.54 Å². The summed E-state index contributed by atoms with van der Waals surface area (Å²) in [6, 6.07) is 3.72. The van der Waals surface area contributed by atoms with Crippen LogP contribution < -0.4 is 5.73 Å². The lowest BCUT2D eigenvalue weighted by Crippen LogP contribution is -1.98. The van der Waals surface area contributed by atoms with E-state index in [9.17, 15) is 0 Å². The molecule has 1 heterocycles. The molecule has 0 radical (unpaired) electrons. The summed E-state index contributed by atoms with van der Waals surface area (Å²) in [6.07, 6.45) is 2.84. The van der Waals surface area contributed by atoms with Gasteiger partial charge >= 0.3 is 0 Å². The average Bonchev–Trinajstić information content (AvgIpc) is 2.61. The highest BCUT2D eigenvalue weighted by Crippen LogP contribution is 2.24. The maximum Gasteiger partial charge on any atom is 0.195 e. The first-order chi connectivity index (χ1) is 7.70. The second-order valence-corrected chi connectivity index (χ2v) is 4.36. The number of halogens is 1. The quantitative estimate of drug-likeness (QED) is 0.833. The number of hydrogen-bond donors (Lipinski definition) is 1. The van der Waals surface area contributed by atoms with Crippen LogP contribution in [-0.2, 0) is 6.42 Å². The molecule has 0 atom stereocenters. The Bertz CT molecular complexity index is 493. The largest absolute Gasteiger partial charge is 0.440 e. The Hall–Kier alpha value is -1.06. The maximum atomic E-state index is 5.96. The summed E-state index contributed by atoms with van der Waals surface area (Å²) in [5.41, 5.74) is 8.15. The van der Waals surface area contributed by atoms with Gasteiger partial charge in [0.15, 0.2) is 11.5 Å². The Morgan fingerprint density at radius 1 is 1.38 bits per heavy atom. The van der Waals surface area contributed by atoms with E-state index in [1.54, 1.807) is 0 Å². The zero-order valence-corrected chi connectivity index (χ0v) is 10.0. The van der Waals surface area contributed by atoms with Gasteiger partial charge in [0, 0.05) is 11.4 Å². The van der Waals surface area contributed by atoms with E-state index in [4.69, 9.17) is 21.8 Å². The van der Waals surface area contributed by atoms with E-state index < -0.39 is 0 Å². The summed E-state index contributed by atoms with van der Waals surface area (Å²) in [6.45, 7) is 2.69. The normalized spacial score (nSPS) is 11.2. The van der Waals surface area contributed by atoms with Gasteiger partial charge in [0.05, 0.1) is 0 Å². The fourth-order valence-corrected chi connectivity index (χ4v) is 2.00. The van der Waals surface area contributed by atoms with Gasteiger partial charge < -0.3 is 10.2 Å². The van der Waals surface area contributed by atoms with E-state index in [-0.39, 0.29) is 0 Å². The minimum Gasteiger partial charge on any atom is -0.440 e. The fourth-order valence-electron chi connectivity index (χ4n) is 1.73. The molecule has 0 spiro atoms. The highest BCUT2D eigenvalue weighted by Gasteiger charge is 2.08. The van der Waals surface area contributed by atoms with Gasteiger partial charge in [-0.2, -0.15) is 0 Å². The van der Waals surface area contributed by atoms with E-state index in [1.165, 1.54) is 0 Å². The standard InChI is InChI=1S/C12H15ClN2O/c1-8-6-9(13)7-10-12(8)16-11(15-10)4-2-3-5-14/h6-7H,2-5,14H2,1H3. The second kappa shape index (κ2) is 4.85. The number of rotatable bonds is 4. The topological polar surface area (TPSA) is 52.0 Å². The molecular weight excluding hydrogens is 224 g/mol. The molecule has 1 aromatic heterocycles. The molecule has 0 aliphatic carbocycles. The third kappa shape index (κ3) is 2.36. The number of nitrogens with zero attached hydrogens (tertiary/aromatic N) is 1. The van der Waals surface area contributed by atoms with Crippen molar-refractivity contribution in [2.24, 2.45) is 5.73 Å². The minimum absolute atomic E-state index is 0.701. The molecule has 2 aromatic rings. The first-order valence-corrected chi connectivity index (χ1v) is 5.84. The van der Waals surface area contributed by atoms with Crippen molar-refractivity contribution in [3.63, 3.8) is 0 Å². The van der Waals surface area contributed by atoms with E-state index in [2.05, 4.69) is 4.98 Å². The van der Waals surface area contributed by atoms with Crippen molar-refractivity contribution in [3.8, 4) is 0 Å². The van der Waals surface area contributed by atoms with Gasteiger partial charge in [-0.25, -0.2) is 4.98 Å². The zero-order valence-electron chi connectivity index (χ0n) is 9.29. The minimum atomic E-state index is 0.701. The van der Waals surface area contributed by atoms with Crippen LogP contribution in [0.2, 0.25) is 5.02 Å². The smallest absolute Gasteiger partial charge is 0.195 e. The average molecular weight is 239 g/mol. The van der Waals surface area contributed by atoms with Crippen molar-refractivity contribution in [1.82, 2.24) is 4.98 Å². The summed E-state index contributed by atoms with van der Waals surface area (Å²) >= 11 is 5.96. The first-order valence-electron chi connectivity index (χ1n) is 5.46. The van der Waals surface area contributed by atoms with Gasteiger partial charge in [0.2, 0.25) is 0 Å². The second-order valence-electron chi connectivity index (χ2n) is 3.92. The van der Waals surface area contributed by atoms with Crippen molar-refractivity contribution in [1.29, 1.82) is 0 Å². The molecule has 0 amide bonds. The molecule has 0 unspecified atom stereocenters. The Labute approximate surface area is 99.6 Å². The van der Waals surface area contributed by atoms with Gasteiger partial charge in [0.25, 0.3) is 0 Å². The van der Waals surface area contributed by atoms with Gasteiger partial charge in [-0.15, -0.1) is 0 Å². The predicted octanol–water partition coefficient (Wildman–Crippen LogP) is 3.07. The van der Waals surface area contributed by atoms with Gasteiger partial charge in [-0.3, -0.25) is 0 Å². The van der Waals surface area contributed by atoms with Crippen LogP contribution in [0.3, 0.4) is 0 Å². The van der Waals surface area contributed by atoms with Crippen LogP contribution in [0, 0.1) is 6.92 Å². The number of aromatic nitrogens is 1. The molecule has 3 nitrogen and oxygen atoms in total. The summed E-state index contributed by atoms with van der Waals surface area (Å²) in [5, 5.41) is 0.701. The molecule has 0 fully saturated rings. The fraction of sp³-hybridized carbons (Fsp3) is 0.417. The lowest BCUT2D eigenvalue weighted by Gasteiger charge is -1.94. The summed E-state index contributed by atoms with van der Waals surface area (Å²) < 4.78 is 5.69. The molecule has 0 aliphatic heterocycles. The van der Waals surface area contributed by atoms with Gasteiger partial charge in [-0.05, 0) is 44.0 Å². The number of oxazole rings is 1. The van der Waals surface area contributed by atoms with Crippen LogP contribution in [0.4, 0.5) is 0 Å². The third-order valence-corrected chi connectivity index (χ3v) is 2.75. The Morgan fingerprint density at radius 2 is 2.19 bits per heavy atom. The van der Waals surface area contributed by atoms with Gasteiger partial charge in [-0.1, -0.05) is 11.6 Å². The van der Waals surface area contributed by atoms with Crippen LogP contribution in [0.25, 0.3) is 11.1 Å². The molecule has 2 N–H and O–H groups in total. The molecule has 0 saturated carbocycles. The first kappa shape index (κ1) is 11.4. The highest BCUT2D eigenvalue weighted by molar-refractivity contribution is 6.31. The van der Waals surface area contributed by atoms with Crippen LogP contribution in [0.1, 0.15) is 24.3 Å². The summed E-state index contributed by atoms with van der Waals surface area (Å²) in [7, 11) is 0. The molecular formula is C12H15ClN2O. The van der Waals surface area contributed by atoms with Crippen LogP contribution in [-0.4, -0.2) is 11.5 Å². The molecule has 16 heavy (non-hydrogen) atoms. The molecule has 2 rings (SSSR count). The summed E-state index contributed by atoms with van der Waals surface area (Å²) in [4.78, 5) is 4.41. The number of nitrogens with two attached hydrogens (primary N) is 1. The molecule has 86 valence electrons. The molecule has 0 saturated heterocycles. The number of benzene rings is 1. The van der Waals surface area contributed by atoms with Crippen LogP contribution in [0.5, 0.6) is 0 Å². The Balaban J connectivity index is 2.26. The van der Waals surface area contributed by atoms with E-state index in [1.807, 2.05) is 19.1 Å². The molecule has 1 aromatic carbocycles. The van der Waals surface area contributed by atoms with E-state index in [0.29, 0.717) is 11.6 Å². The summed E-state index contributed by atoms with van der Waals surface area (Å²) in [5.74, 6) is 0.772. The lowest BCUT2D eigenvalue weighted by molar-refractivity contribution is 0.514. The molecule has 0 bridgehead atoms. The van der Waals surface area contributed by atoms with Crippen molar-refractivity contribution >= 4 is 22.7 Å². The number of hydrogen-bond acceptors (Lipinski definition) is 3. The monoisotopic (exact) mass is 238 g/mol. The molecule has 4 heteroatoms. The lowest BCUT2D eigenvalue weighted by atomic mass is 10.2. The van der Waals surface area contributed by atoms with Crippen LogP contribution >= 0.6 is 11.6 Å². The maximum absolute atomic E-state index is 5.96. The van der Waals surface area contributed by atoms with Crippen molar-refractivity contribution < 1.29 is 4.42 Å². The Morgan fingerprint density at radius 3 is 2.94 bits per heavy atom. The third-order valence-electron chi connectivity index (χ3n) is 2.53. The van der Waals surface area contributed by atoms with E-state index >= 15 is 0 Å². The van der Waals surface area contributed by atoms with E-state index in [0.717, 1.165) is 41.8 Å². The SMILES string of the molecule is Cc1cc(Cl)cc2nc(CCCCN)oc12. The zero-order chi connectivity index (χ0) is 11.5. The number of unbranched alkanes of at least 4 members (excludes halogenated alkanes) is 1. The molecule has 0 aliphatic rings. The van der Waals surface area contributed by atoms with Crippen LogP contribution in [0.15, 0.2) is 16.5 Å². The number of aryl methyl sites for hydroxylation is 2. The highest BCUT2D eigenvalue weighted by atomic mass is 35.5. The van der Waals surface area contributed by atoms with Crippen molar-refractivity contribution in [3.05, 3.63) is 28.6 Å². The predicted molar refractivity (Wildman–Crippen MR) is 65.7 cm³/mol. The van der Waals surface area contributed by atoms with Gasteiger partial charge in [0.1, 0.15) is 5.52 Å². The van der Waals surface area contributed by atoms with Crippen molar-refractivity contribution in [2.45, 2.75) is 26.2 Å². The Kier molecular flexibility index (Phi) is 3.46.